The fourth-order valence-electron chi connectivity index (χ4n) is 17.5. The molecule has 0 amide bonds. The Morgan fingerprint density at radius 1 is 0.393 bits per heavy atom. The molecule has 18 heteroatoms. The zero-order valence-corrected chi connectivity index (χ0v) is 58.6. The summed E-state index contributed by atoms with van der Waals surface area (Å²) in [5.41, 5.74) is 6.15. The van der Waals surface area contributed by atoms with Crippen LogP contribution in [0.5, 0.6) is 0 Å². The van der Waals surface area contributed by atoms with E-state index in [1.54, 1.807) is 10.6 Å². The monoisotopic (exact) mass is 1180 g/mol. The second-order valence-corrected chi connectivity index (χ2v) is 35.3. The molecule has 18 nitrogen and oxygen atoms in total. The van der Waals surface area contributed by atoms with Crippen molar-refractivity contribution in [2.75, 3.05) is 41.3 Å². The van der Waals surface area contributed by atoms with Gasteiger partial charge in [0.05, 0.1) is 12.2 Å². The second-order valence-electron chi connectivity index (χ2n) is 35.3. The van der Waals surface area contributed by atoms with Crippen LogP contribution in [0.2, 0.25) is 0 Å². The largest absolute Gasteiger partial charge is 0.474 e. The lowest BCUT2D eigenvalue weighted by Gasteiger charge is -2.54. The van der Waals surface area contributed by atoms with Crippen LogP contribution in [0.25, 0.3) is 0 Å². The number of nitrogens with zero attached hydrogens (tertiary/aromatic N) is 10. The summed E-state index contributed by atoms with van der Waals surface area (Å²) >= 11 is 0. The van der Waals surface area contributed by atoms with Crippen molar-refractivity contribution in [3.63, 3.8) is 0 Å². The molecule has 0 atom stereocenters. The Hall–Kier alpha value is -3.10. The van der Waals surface area contributed by atoms with Gasteiger partial charge in [-0.3, -0.25) is 19.6 Å². The van der Waals surface area contributed by atoms with Gasteiger partial charge in [0.15, 0.2) is 5.84 Å². The van der Waals surface area contributed by atoms with Gasteiger partial charge in [0.25, 0.3) is 0 Å². The summed E-state index contributed by atoms with van der Waals surface area (Å²) < 4.78 is 14.5. The molecule has 8 aliphatic heterocycles. The molecule has 482 valence electrons. The maximum absolute atomic E-state index is 7.28. The first-order chi connectivity index (χ1) is 38.0. The van der Waals surface area contributed by atoms with Gasteiger partial charge in [-0.1, -0.05) is 15.7 Å². The number of amidine groups is 1. The zero-order valence-electron chi connectivity index (χ0n) is 58.6. The molecule has 0 aromatic heterocycles. The van der Waals surface area contributed by atoms with E-state index in [2.05, 4.69) is 257 Å². The maximum Gasteiger partial charge on any atom is 0.239 e. The smallest absolute Gasteiger partial charge is 0.239 e. The highest BCUT2D eigenvalue weighted by Crippen LogP contribution is 2.44. The van der Waals surface area contributed by atoms with Crippen LogP contribution in [-0.2, 0) is 19.1 Å². The van der Waals surface area contributed by atoms with Crippen LogP contribution < -0.4 is 21.5 Å². The Labute approximate surface area is 511 Å². The summed E-state index contributed by atoms with van der Waals surface area (Å²) in [4.78, 5) is 29.5. The van der Waals surface area contributed by atoms with Crippen LogP contribution >= 0.6 is 0 Å². The fraction of sp³-hybridized carbons (Fsp3) is 0.909. The third-order valence-corrected chi connectivity index (χ3v) is 21.9. The van der Waals surface area contributed by atoms with Crippen molar-refractivity contribution in [2.45, 2.75) is 346 Å². The normalized spacial score (nSPS) is 30.0. The van der Waals surface area contributed by atoms with Gasteiger partial charge in [-0.15, -0.1) is 5.10 Å². The predicted octanol–water partition coefficient (Wildman–Crippen LogP) is 10.7. The molecule has 0 aromatic carbocycles. The Kier molecular flexibility index (Phi) is 17.9. The predicted molar refractivity (Wildman–Crippen MR) is 343 cm³/mol. The van der Waals surface area contributed by atoms with E-state index >= 15 is 0 Å². The highest BCUT2D eigenvalue weighted by Gasteiger charge is 2.51. The number of rotatable bonds is 13. The van der Waals surface area contributed by atoms with Crippen LogP contribution in [0, 0.1) is 0 Å². The lowest BCUT2D eigenvalue weighted by atomic mass is 9.78. The summed E-state index contributed by atoms with van der Waals surface area (Å²) in [5, 5.41) is 22.1. The van der Waals surface area contributed by atoms with Crippen molar-refractivity contribution in [3.05, 3.63) is 23.9 Å². The number of hydrogen-bond donors (Lipinski definition) is 4. The van der Waals surface area contributed by atoms with Gasteiger partial charge >= 0.3 is 0 Å². The van der Waals surface area contributed by atoms with Crippen molar-refractivity contribution in [1.29, 1.82) is 0 Å². The second kappa shape index (κ2) is 22.4. The molecule has 8 aliphatic rings. The average Bonchev–Trinajstić information content (AvgIpc) is 1.13. The summed E-state index contributed by atoms with van der Waals surface area (Å²) in [5.74, 6) is 2.96. The average molecular weight is 1180 g/mol. The molecule has 4 N–H and O–H groups in total. The Bertz CT molecular complexity index is 2380. The van der Waals surface area contributed by atoms with Gasteiger partial charge in [-0.25, -0.2) is 20.5 Å². The molecule has 0 bridgehead atoms. The number of piperidine rings is 6. The number of ether oxygens (including phenoxy) is 2. The minimum Gasteiger partial charge on any atom is -0.474 e. The number of nitrogens with one attached hydrogen (secondary N) is 4. The van der Waals surface area contributed by atoms with Crippen molar-refractivity contribution in [3.8, 4) is 0 Å². The van der Waals surface area contributed by atoms with Gasteiger partial charge in [-0.05, 0) is 246 Å². The molecule has 0 aliphatic carbocycles. The topological polar surface area (TPSA) is 136 Å². The number of likely N-dealkylation sites (tertiary alicyclic amines) is 4. The van der Waals surface area contributed by atoms with E-state index < -0.39 is 0 Å². The third-order valence-electron chi connectivity index (χ3n) is 21.9. The molecule has 6 fully saturated rings. The van der Waals surface area contributed by atoms with E-state index in [0.717, 1.165) is 88.7 Å². The molecular weight excluding hydrogens is 1050 g/mol. The van der Waals surface area contributed by atoms with E-state index in [4.69, 9.17) is 29.4 Å². The summed E-state index contributed by atoms with van der Waals surface area (Å²) in [6.45, 7) is 57.5. The highest BCUT2D eigenvalue weighted by atomic mass is 16.8. The van der Waals surface area contributed by atoms with E-state index in [-0.39, 0.29) is 103 Å². The van der Waals surface area contributed by atoms with E-state index in [9.17, 15) is 0 Å². The standard InChI is InChI=1S/C66H124N14O4/c1-55(2)33-45(34-56(3,4)71-55)77(51-31-53(81-47-37-59(9,10)73(25)60(11,12)38-47)69-79(67-51)83-49-41-63(17,18)75(27)64(19,20)42-49)29-30-78(46-35-57(5,6)72-58(7,8)36-46)52-32-54(82-48-39-61(13,14)74(26)62(15,16)40-48)70-80(68-52)84-50-43-65(21,22)76(28)66(23,24)44-50/h31-32,45-50,67,70-72H,29-30,33-44H2,1-28H3. The molecule has 0 radical (unpaired) electrons. The molecule has 8 rings (SSSR count). The first-order valence-corrected chi connectivity index (χ1v) is 32.5. The Morgan fingerprint density at radius 2 is 0.702 bits per heavy atom. The first-order valence-electron chi connectivity index (χ1n) is 32.5. The van der Waals surface area contributed by atoms with E-state index in [0.29, 0.717) is 24.9 Å². The molecule has 84 heavy (non-hydrogen) atoms. The van der Waals surface area contributed by atoms with Gasteiger partial charge < -0.3 is 29.9 Å². The number of hydrogen-bond acceptors (Lipinski definition) is 18. The van der Waals surface area contributed by atoms with Crippen LogP contribution in [-0.4, -0.2) is 196 Å². The number of hydrazine groups is 2. The Morgan fingerprint density at radius 3 is 1.07 bits per heavy atom. The SMILES string of the molecule is CN1C(C)(C)CC(OC2=CC(N(CCN(C3=CC(OC4CC(C)(C)N(C)C(C)(C)C4)=NN(OC4CC(C)(C)N(C)C(C)(C)C4)N3)C3CC(C)(C)NC(C)(C)C3)C3CC(C)(C)NC(C)(C)C3)=NN(OC3CC(C)(C)N(C)C(C)(C)C3)N2)CC1(C)C. The third kappa shape index (κ3) is 15.1. The highest BCUT2D eigenvalue weighted by molar-refractivity contribution is 5.94. The lowest BCUT2D eigenvalue weighted by molar-refractivity contribution is -0.259. The van der Waals surface area contributed by atoms with Gasteiger partial charge in [0.2, 0.25) is 11.8 Å². The van der Waals surface area contributed by atoms with Gasteiger partial charge in [0, 0.05) is 129 Å². The molecular formula is C66H124N14O4. The molecule has 0 aromatic rings. The van der Waals surface area contributed by atoms with Crippen molar-refractivity contribution in [2.24, 2.45) is 10.2 Å². The van der Waals surface area contributed by atoms with Crippen LogP contribution in [0.1, 0.15) is 243 Å². The van der Waals surface area contributed by atoms with Gasteiger partial charge in [-0.2, -0.15) is 0 Å². The van der Waals surface area contributed by atoms with E-state index in [1.165, 1.54) is 0 Å². The summed E-state index contributed by atoms with van der Waals surface area (Å²) in [6, 6.07) is 0.233. The molecule has 6 saturated heterocycles. The van der Waals surface area contributed by atoms with Crippen LogP contribution in [0.15, 0.2) is 34.1 Å². The van der Waals surface area contributed by atoms with E-state index in [1.807, 2.05) is 0 Å². The lowest BCUT2D eigenvalue weighted by Crippen LogP contribution is -2.65. The van der Waals surface area contributed by atoms with Crippen molar-refractivity contribution < 1.29 is 19.1 Å². The number of hydrazone groups is 2. The first kappa shape index (κ1) is 66.8. The quantitative estimate of drug-likeness (QED) is 0.139. The minimum absolute atomic E-state index is 0.0365. The fourth-order valence-corrected chi connectivity index (χ4v) is 17.5. The van der Waals surface area contributed by atoms with Crippen molar-refractivity contribution >= 4 is 11.7 Å². The summed E-state index contributed by atoms with van der Waals surface area (Å²) in [7, 11) is 9.00. The van der Waals surface area contributed by atoms with Crippen molar-refractivity contribution in [1.82, 2.24) is 61.4 Å². The summed E-state index contributed by atoms with van der Waals surface area (Å²) in [6.07, 6.45) is 14.6. The molecule has 0 saturated carbocycles. The molecule has 0 unspecified atom stereocenters. The minimum atomic E-state index is -0.154. The Balaban J connectivity index is 1.23. The molecule has 0 spiro atoms. The molecule has 8 heterocycles. The van der Waals surface area contributed by atoms with Gasteiger partial charge in [0.1, 0.15) is 18.0 Å². The van der Waals surface area contributed by atoms with Crippen LogP contribution in [0.3, 0.4) is 0 Å². The maximum atomic E-state index is 7.28. The van der Waals surface area contributed by atoms with Crippen LogP contribution in [0.4, 0.5) is 0 Å². The zero-order chi connectivity index (χ0) is 62.8.